The van der Waals surface area contributed by atoms with Crippen LogP contribution in [0.4, 0.5) is 0 Å². The average molecular weight is 154 g/mol. The van der Waals surface area contributed by atoms with Gasteiger partial charge in [0, 0.05) is 0 Å². The van der Waals surface area contributed by atoms with E-state index in [4.69, 9.17) is 0 Å². The number of hydrogen-bond donors (Lipinski definition) is 1. The lowest BCUT2D eigenvalue weighted by molar-refractivity contribution is -0.154. The van der Waals surface area contributed by atoms with Gasteiger partial charge in [-0.2, -0.15) is 0 Å². The summed E-state index contributed by atoms with van der Waals surface area (Å²) in [4.78, 5) is 0. The maximum Gasteiger partial charge on any atom is 0.0571 e. The maximum absolute atomic E-state index is 9.61. The smallest absolute Gasteiger partial charge is 0.0571 e. The quantitative estimate of drug-likeness (QED) is 0.566. The summed E-state index contributed by atoms with van der Waals surface area (Å²) < 4.78 is 0. The van der Waals surface area contributed by atoms with Crippen molar-refractivity contribution in [2.75, 3.05) is 0 Å². The van der Waals surface area contributed by atoms with Crippen molar-refractivity contribution in [2.24, 2.45) is 23.2 Å². The number of aliphatic hydroxyl groups excluding tert-OH is 1. The van der Waals surface area contributed by atoms with E-state index in [-0.39, 0.29) is 6.10 Å². The van der Waals surface area contributed by atoms with Crippen molar-refractivity contribution >= 4 is 0 Å². The number of hydrogen-bond acceptors (Lipinski definition) is 1. The van der Waals surface area contributed by atoms with E-state index in [2.05, 4.69) is 20.8 Å². The van der Waals surface area contributed by atoms with E-state index < -0.39 is 0 Å². The minimum absolute atomic E-state index is 0.00762. The Hall–Kier alpha value is -0.0400. The third-order valence-corrected chi connectivity index (χ3v) is 4.31. The molecule has 0 saturated heterocycles. The number of fused-ring (bicyclic) bond motifs is 2. The van der Waals surface area contributed by atoms with Crippen LogP contribution >= 0.6 is 0 Å². The lowest BCUT2D eigenvalue weighted by atomic mass is 9.45. The molecule has 1 heteroatoms. The first-order valence-electron chi connectivity index (χ1n) is 4.71. The molecule has 11 heavy (non-hydrogen) atoms. The Kier molecular flexibility index (Phi) is 1.39. The minimum Gasteiger partial charge on any atom is -0.393 e. The van der Waals surface area contributed by atoms with Gasteiger partial charge < -0.3 is 5.11 Å². The molecule has 0 aromatic heterocycles. The second kappa shape index (κ2) is 2.01. The van der Waals surface area contributed by atoms with Crippen LogP contribution in [0, 0.1) is 23.2 Å². The van der Waals surface area contributed by atoms with E-state index >= 15 is 0 Å². The molecule has 0 amide bonds. The molecule has 64 valence electrons. The molecule has 1 unspecified atom stereocenters. The van der Waals surface area contributed by atoms with Gasteiger partial charge in [0.15, 0.2) is 0 Å². The summed E-state index contributed by atoms with van der Waals surface area (Å²) in [6.45, 7) is 6.91. The zero-order valence-corrected chi connectivity index (χ0v) is 7.67. The summed E-state index contributed by atoms with van der Waals surface area (Å²) in [6.07, 6.45) is 2.40. The molecule has 3 aliphatic carbocycles. The fourth-order valence-corrected chi connectivity index (χ4v) is 3.12. The van der Waals surface area contributed by atoms with E-state index in [1.807, 2.05) is 0 Å². The normalized spacial score (nSPS) is 53.5. The van der Waals surface area contributed by atoms with Crippen LogP contribution in [0.5, 0.6) is 0 Å². The van der Waals surface area contributed by atoms with Crippen LogP contribution in [0.15, 0.2) is 0 Å². The predicted molar refractivity (Wildman–Crippen MR) is 45.2 cm³/mol. The van der Waals surface area contributed by atoms with Crippen LogP contribution in [-0.4, -0.2) is 11.2 Å². The Morgan fingerprint density at radius 3 is 2.27 bits per heavy atom. The van der Waals surface area contributed by atoms with Crippen molar-refractivity contribution < 1.29 is 5.11 Å². The van der Waals surface area contributed by atoms with Crippen molar-refractivity contribution in [1.29, 1.82) is 0 Å². The molecule has 3 saturated carbocycles. The molecule has 0 aromatic rings. The standard InChI is InChI=1S/C10H18O/c1-6-8-4-7(5-9(6)11)10(8,2)3/h6-9,11H,4-5H2,1-3H3/t6-,7+,8-,9?/m0/s1. The third-order valence-electron chi connectivity index (χ3n) is 4.31. The third kappa shape index (κ3) is 0.807. The summed E-state index contributed by atoms with van der Waals surface area (Å²) >= 11 is 0. The van der Waals surface area contributed by atoms with Gasteiger partial charge in [0.2, 0.25) is 0 Å². The molecule has 2 bridgehead atoms. The van der Waals surface area contributed by atoms with Gasteiger partial charge in [0.05, 0.1) is 6.10 Å². The molecule has 3 fully saturated rings. The summed E-state index contributed by atoms with van der Waals surface area (Å²) in [7, 11) is 0. The Balaban J connectivity index is 2.17. The van der Waals surface area contributed by atoms with Gasteiger partial charge >= 0.3 is 0 Å². The molecule has 4 atom stereocenters. The van der Waals surface area contributed by atoms with Crippen LogP contribution in [-0.2, 0) is 0 Å². The fourth-order valence-electron chi connectivity index (χ4n) is 3.12. The lowest BCUT2D eigenvalue weighted by Crippen LogP contribution is -2.56. The van der Waals surface area contributed by atoms with Crippen molar-refractivity contribution in [3.05, 3.63) is 0 Å². The highest BCUT2D eigenvalue weighted by Crippen LogP contribution is 2.61. The molecule has 0 spiro atoms. The van der Waals surface area contributed by atoms with Gasteiger partial charge in [0.25, 0.3) is 0 Å². The first-order valence-corrected chi connectivity index (χ1v) is 4.71. The van der Waals surface area contributed by atoms with Crippen LogP contribution < -0.4 is 0 Å². The highest BCUT2D eigenvalue weighted by atomic mass is 16.3. The summed E-state index contributed by atoms with van der Waals surface area (Å²) in [5.74, 6) is 2.13. The van der Waals surface area contributed by atoms with Gasteiger partial charge in [0.1, 0.15) is 0 Å². The zero-order chi connectivity index (χ0) is 8.22. The molecule has 1 nitrogen and oxygen atoms in total. The first kappa shape index (κ1) is 7.60. The second-order valence-corrected chi connectivity index (χ2v) is 5.02. The van der Waals surface area contributed by atoms with Crippen molar-refractivity contribution in [2.45, 2.75) is 39.7 Å². The summed E-state index contributed by atoms with van der Waals surface area (Å²) in [6, 6.07) is 0. The van der Waals surface area contributed by atoms with Gasteiger partial charge in [-0.15, -0.1) is 0 Å². The minimum atomic E-state index is -0.00762. The molecule has 0 radical (unpaired) electrons. The lowest BCUT2D eigenvalue weighted by Gasteiger charge is -2.61. The molecular weight excluding hydrogens is 136 g/mol. The Morgan fingerprint density at radius 2 is 1.91 bits per heavy atom. The molecular formula is C10H18O. The van der Waals surface area contributed by atoms with Gasteiger partial charge in [-0.3, -0.25) is 0 Å². The Bertz CT molecular complexity index is 174. The van der Waals surface area contributed by atoms with E-state index in [0.717, 1.165) is 18.3 Å². The number of rotatable bonds is 0. The topological polar surface area (TPSA) is 20.2 Å². The Morgan fingerprint density at radius 1 is 1.27 bits per heavy atom. The van der Waals surface area contributed by atoms with Gasteiger partial charge in [-0.05, 0) is 36.0 Å². The van der Waals surface area contributed by atoms with Crippen LogP contribution in [0.2, 0.25) is 0 Å². The molecule has 1 N–H and O–H groups in total. The molecule has 3 aliphatic rings. The van der Waals surface area contributed by atoms with Crippen LogP contribution in [0.3, 0.4) is 0 Å². The predicted octanol–water partition coefficient (Wildman–Crippen LogP) is 2.05. The molecule has 0 aromatic carbocycles. The van der Waals surface area contributed by atoms with E-state index in [0.29, 0.717) is 11.3 Å². The van der Waals surface area contributed by atoms with Crippen molar-refractivity contribution in [3.63, 3.8) is 0 Å². The zero-order valence-electron chi connectivity index (χ0n) is 7.67. The largest absolute Gasteiger partial charge is 0.393 e. The number of aliphatic hydroxyl groups is 1. The molecule has 0 heterocycles. The van der Waals surface area contributed by atoms with E-state index in [1.165, 1.54) is 6.42 Å². The highest BCUT2D eigenvalue weighted by Gasteiger charge is 2.55. The van der Waals surface area contributed by atoms with Crippen LogP contribution in [0.25, 0.3) is 0 Å². The molecule has 3 rings (SSSR count). The van der Waals surface area contributed by atoms with E-state index in [9.17, 15) is 5.11 Å². The van der Waals surface area contributed by atoms with Gasteiger partial charge in [-0.25, -0.2) is 0 Å². The highest BCUT2D eigenvalue weighted by molar-refractivity contribution is 5.04. The summed E-state index contributed by atoms with van der Waals surface area (Å²) in [5.41, 5.74) is 0.526. The first-order chi connectivity index (χ1) is 5.03. The summed E-state index contributed by atoms with van der Waals surface area (Å²) in [5, 5.41) is 9.61. The van der Waals surface area contributed by atoms with Crippen LogP contribution in [0.1, 0.15) is 33.6 Å². The van der Waals surface area contributed by atoms with E-state index in [1.54, 1.807) is 0 Å². The SMILES string of the molecule is C[C@@H]1C(O)C[C@H]2C[C@@H]1C2(C)C. The molecule has 0 aliphatic heterocycles. The second-order valence-electron chi connectivity index (χ2n) is 5.02. The maximum atomic E-state index is 9.61. The van der Waals surface area contributed by atoms with Gasteiger partial charge in [-0.1, -0.05) is 20.8 Å². The van der Waals surface area contributed by atoms with Crippen molar-refractivity contribution in [3.8, 4) is 0 Å². The fraction of sp³-hybridized carbons (Fsp3) is 1.00. The average Bonchev–Trinajstić information content (AvgIpc) is 1.93. The Labute approximate surface area is 68.8 Å². The van der Waals surface area contributed by atoms with Crippen molar-refractivity contribution in [1.82, 2.24) is 0 Å². The monoisotopic (exact) mass is 154 g/mol.